The van der Waals surface area contributed by atoms with E-state index in [0.717, 1.165) is 28.3 Å². The number of thioether (sulfide) groups is 1. The molecule has 0 N–H and O–H groups in total. The van der Waals surface area contributed by atoms with Gasteiger partial charge in [-0.3, -0.25) is 0 Å². The van der Waals surface area contributed by atoms with Gasteiger partial charge in [-0.05, 0) is 30.7 Å². The summed E-state index contributed by atoms with van der Waals surface area (Å²) in [5, 5.41) is 0.748. The fourth-order valence-corrected chi connectivity index (χ4v) is 4.69. The smallest absolute Gasteiger partial charge is 0.102 e. The van der Waals surface area contributed by atoms with Crippen LogP contribution in [0.25, 0.3) is 0 Å². The van der Waals surface area contributed by atoms with Crippen molar-refractivity contribution in [2.24, 2.45) is 5.92 Å². The molecule has 1 saturated heterocycles. The van der Waals surface area contributed by atoms with Crippen molar-refractivity contribution in [1.29, 1.82) is 0 Å². The summed E-state index contributed by atoms with van der Waals surface area (Å²) < 4.78 is 8.41. The van der Waals surface area contributed by atoms with Gasteiger partial charge in [0.2, 0.25) is 0 Å². The average Bonchev–Trinajstić information content (AvgIpc) is 3.25. The quantitative estimate of drug-likeness (QED) is 0.560. The number of hydrogen-bond donors (Lipinski definition) is 0. The van der Waals surface area contributed by atoms with Crippen molar-refractivity contribution in [2.45, 2.75) is 44.5 Å². The van der Waals surface area contributed by atoms with Gasteiger partial charge in [0, 0.05) is 28.9 Å². The molecule has 1 aliphatic rings. The Labute approximate surface area is 165 Å². The summed E-state index contributed by atoms with van der Waals surface area (Å²) in [4.78, 5) is 4.11. The van der Waals surface area contributed by atoms with E-state index in [1.54, 1.807) is 12.5 Å². The van der Waals surface area contributed by atoms with Gasteiger partial charge in [-0.1, -0.05) is 37.6 Å². The second kappa shape index (κ2) is 10.5. The monoisotopic (exact) mass is 400 g/mol. The van der Waals surface area contributed by atoms with E-state index in [1.165, 1.54) is 0 Å². The number of imidazole rings is 1. The van der Waals surface area contributed by atoms with Gasteiger partial charge in [-0.25, -0.2) is 4.98 Å². The lowest BCUT2D eigenvalue weighted by atomic mass is 10.1. The maximum atomic E-state index is 6.45. The summed E-state index contributed by atoms with van der Waals surface area (Å²) in [6.07, 6.45) is 6.52. The predicted molar refractivity (Wildman–Crippen MR) is 109 cm³/mol. The van der Waals surface area contributed by atoms with Crippen LogP contribution >= 0.6 is 35.0 Å². The highest BCUT2D eigenvalue weighted by molar-refractivity contribution is 8.01. The first-order valence-corrected chi connectivity index (χ1v) is 10.6. The molecule has 1 aromatic carbocycles. The molecule has 6 heteroatoms. The largest absolute Gasteiger partial charge is 0.371 e. The van der Waals surface area contributed by atoms with Crippen LogP contribution in [0.1, 0.15) is 37.5 Å². The van der Waals surface area contributed by atoms with E-state index in [0.29, 0.717) is 19.1 Å². The van der Waals surface area contributed by atoms with Crippen LogP contribution in [-0.4, -0.2) is 26.6 Å². The van der Waals surface area contributed by atoms with E-state index in [4.69, 9.17) is 27.9 Å². The number of alkyl halides is 1. The number of halogens is 2. The van der Waals surface area contributed by atoms with Gasteiger partial charge in [-0.15, -0.1) is 23.4 Å². The Morgan fingerprint density at radius 2 is 2.20 bits per heavy atom. The number of benzene rings is 1. The second-order valence-electron chi connectivity index (χ2n) is 5.88. The lowest BCUT2D eigenvalue weighted by Crippen LogP contribution is -2.19. The minimum Gasteiger partial charge on any atom is -0.371 e. The van der Waals surface area contributed by atoms with E-state index in [2.05, 4.69) is 17.1 Å². The van der Waals surface area contributed by atoms with Crippen LogP contribution < -0.4 is 0 Å². The first-order valence-electron chi connectivity index (χ1n) is 8.72. The number of nitrogens with zero attached hydrogens (tertiary/aromatic N) is 2. The minimum absolute atomic E-state index is 0.105. The lowest BCUT2D eigenvalue weighted by molar-refractivity contribution is 0.0208. The molecule has 0 radical (unpaired) electrons. The van der Waals surface area contributed by atoms with E-state index < -0.39 is 0 Å². The summed E-state index contributed by atoms with van der Waals surface area (Å²) in [7, 11) is 0. The van der Waals surface area contributed by atoms with Crippen LogP contribution in [-0.2, 0) is 11.3 Å². The van der Waals surface area contributed by atoms with Crippen molar-refractivity contribution >= 4 is 35.0 Å². The Balaban J connectivity index is 0.00000109. The zero-order valence-corrected chi connectivity index (χ0v) is 17.3. The maximum Gasteiger partial charge on any atom is 0.102 e. The molecule has 3 atom stereocenters. The van der Waals surface area contributed by atoms with Crippen LogP contribution in [0, 0.1) is 12.8 Å². The first kappa shape index (κ1) is 20.6. The molecule has 0 saturated carbocycles. The van der Waals surface area contributed by atoms with Crippen LogP contribution in [0.15, 0.2) is 36.9 Å². The number of aromatic nitrogens is 2. The molecule has 2 aromatic rings. The highest BCUT2D eigenvalue weighted by atomic mass is 35.5. The molecule has 2 heterocycles. The standard InChI is InChI=1S/C17H20Cl2N2OS.C2H6/c1-12-2-3-14(15(18)8-12)16(9-21-6-5-20-11-21)22-10-13-4-7-23-17(13)19;1-2/h2-3,5-6,8,11,13,16-17H,4,7,9-10H2,1H3;1-2H3. The van der Waals surface area contributed by atoms with Crippen molar-refractivity contribution < 1.29 is 4.74 Å². The molecule has 1 aromatic heterocycles. The van der Waals surface area contributed by atoms with Crippen LogP contribution in [0.2, 0.25) is 5.02 Å². The number of ether oxygens (including phenoxy) is 1. The molecule has 25 heavy (non-hydrogen) atoms. The topological polar surface area (TPSA) is 27.1 Å². The van der Waals surface area contributed by atoms with Crippen molar-refractivity contribution in [3.63, 3.8) is 0 Å². The first-order chi connectivity index (χ1) is 12.1. The van der Waals surface area contributed by atoms with Gasteiger partial charge in [0.05, 0.1) is 24.2 Å². The molecular weight excluding hydrogens is 375 g/mol. The molecule has 1 aliphatic heterocycles. The SMILES string of the molecule is CC.Cc1ccc(C(Cn2ccnc2)OCC2CCSC2Cl)c(Cl)c1. The number of hydrogen-bond acceptors (Lipinski definition) is 3. The van der Waals surface area contributed by atoms with E-state index >= 15 is 0 Å². The Morgan fingerprint density at radius 1 is 1.40 bits per heavy atom. The second-order valence-corrected chi connectivity index (χ2v) is 8.26. The van der Waals surface area contributed by atoms with Gasteiger partial charge in [-0.2, -0.15) is 0 Å². The third-order valence-electron chi connectivity index (χ3n) is 4.09. The minimum atomic E-state index is -0.105. The third-order valence-corrected chi connectivity index (χ3v) is 6.32. The summed E-state index contributed by atoms with van der Waals surface area (Å²) >= 11 is 14.6. The molecule has 1 fully saturated rings. The van der Waals surface area contributed by atoms with Gasteiger partial charge >= 0.3 is 0 Å². The van der Waals surface area contributed by atoms with Crippen LogP contribution in [0.3, 0.4) is 0 Å². The van der Waals surface area contributed by atoms with E-state index in [9.17, 15) is 0 Å². The van der Waals surface area contributed by atoms with Crippen molar-refractivity contribution in [3.8, 4) is 0 Å². The van der Waals surface area contributed by atoms with E-state index in [1.807, 2.05) is 49.4 Å². The fraction of sp³-hybridized carbons (Fsp3) is 0.526. The molecule has 3 rings (SSSR count). The molecule has 0 bridgehead atoms. The summed E-state index contributed by atoms with van der Waals surface area (Å²) in [5.74, 6) is 1.51. The fourth-order valence-electron chi connectivity index (χ4n) is 2.72. The molecule has 0 spiro atoms. The molecule has 138 valence electrons. The summed E-state index contributed by atoms with van der Waals surface area (Å²) in [5.41, 5.74) is 2.16. The zero-order valence-electron chi connectivity index (χ0n) is 15.0. The van der Waals surface area contributed by atoms with Gasteiger partial charge in [0.25, 0.3) is 0 Å². The molecule has 0 aliphatic carbocycles. The van der Waals surface area contributed by atoms with Crippen molar-refractivity contribution in [2.75, 3.05) is 12.4 Å². The molecule has 3 unspecified atom stereocenters. The predicted octanol–water partition coefficient (Wildman–Crippen LogP) is 5.95. The maximum absolute atomic E-state index is 6.45. The van der Waals surface area contributed by atoms with E-state index in [-0.39, 0.29) is 10.8 Å². The third kappa shape index (κ3) is 5.92. The van der Waals surface area contributed by atoms with Gasteiger partial charge in [0.1, 0.15) is 6.10 Å². The average molecular weight is 401 g/mol. The van der Waals surface area contributed by atoms with Crippen molar-refractivity contribution in [1.82, 2.24) is 9.55 Å². The van der Waals surface area contributed by atoms with Crippen LogP contribution in [0.4, 0.5) is 0 Å². The van der Waals surface area contributed by atoms with Crippen molar-refractivity contribution in [3.05, 3.63) is 53.1 Å². The van der Waals surface area contributed by atoms with Gasteiger partial charge < -0.3 is 9.30 Å². The summed E-state index contributed by atoms with van der Waals surface area (Å²) in [6, 6.07) is 6.11. The highest BCUT2D eigenvalue weighted by Gasteiger charge is 2.28. The Bertz CT molecular complexity index is 636. The Morgan fingerprint density at radius 3 is 2.80 bits per heavy atom. The Kier molecular flexibility index (Phi) is 8.63. The summed E-state index contributed by atoms with van der Waals surface area (Å²) in [6.45, 7) is 7.38. The normalized spacial score (nSPS) is 20.8. The van der Waals surface area contributed by atoms with Gasteiger partial charge in [0.15, 0.2) is 0 Å². The molecule has 0 amide bonds. The Hall–Kier alpha value is -0.680. The molecule has 3 nitrogen and oxygen atoms in total. The number of rotatable bonds is 6. The number of aryl methyl sites for hydroxylation is 1. The zero-order chi connectivity index (χ0) is 18.2. The van der Waals surface area contributed by atoms with Crippen LogP contribution in [0.5, 0.6) is 0 Å². The molecular formula is C19H26Cl2N2OS. The lowest BCUT2D eigenvalue weighted by Gasteiger charge is -2.23. The highest BCUT2D eigenvalue weighted by Crippen LogP contribution is 2.36.